The van der Waals surface area contributed by atoms with E-state index in [1.807, 2.05) is 6.07 Å². The molecule has 0 bridgehead atoms. The molecule has 1 aliphatic heterocycles. The number of nitrogens with zero attached hydrogens (tertiary/aromatic N) is 1. The Bertz CT molecular complexity index is 513. The smallest absolute Gasteiger partial charge is 0.242 e. The number of aliphatic hydroxyl groups is 1. The van der Waals surface area contributed by atoms with Gasteiger partial charge < -0.3 is 10.4 Å². The Balaban J connectivity index is 2.34. The Morgan fingerprint density at radius 2 is 2.06 bits per heavy atom. The van der Waals surface area contributed by atoms with Gasteiger partial charge in [-0.15, -0.1) is 0 Å². The first-order valence-corrected chi connectivity index (χ1v) is 6.89. The van der Waals surface area contributed by atoms with Crippen LogP contribution in [0.15, 0.2) is 23.1 Å². The average molecular weight is 256 g/mol. The zero-order valence-corrected chi connectivity index (χ0v) is 10.5. The molecule has 0 unspecified atom stereocenters. The summed E-state index contributed by atoms with van der Waals surface area (Å²) in [6.45, 7) is 1.43. The topological polar surface area (TPSA) is 69.6 Å². The van der Waals surface area contributed by atoms with Crippen LogP contribution in [0.3, 0.4) is 0 Å². The predicted octanol–water partition coefficient (Wildman–Crippen LogP) is -0.0974. The van der Waals surface area contributed by atoms with Crippen LogP contribution in [0.1, 0.15) is 11.1 Å². The van der Waals surface area contributed by atoms with E-state index in [1.54, 1.807) is 12.1 Å². The van der Waals surface area contributed by atoms with E-state index in [0.717, 1.165) is 22.0 Å². The van der Waals surface area contributed by atoms with Gasteiger partial charge in [-0.25, -0.2) is 8.42 Å². The molecule has 2 N–H and O–H groups in total. The van der Waals surface area contributed by atoms with Gasteiger partial charge in [0.1, 0.15) is 0 Å². The standard InChI is InChI=1S/C11H16N2O3S/c1-13(4-5-14)17(15,16)11-3-2-9-7-12-8-10(9)6-11/h2-3,6,12,14H,4-5,7-8H2,1H3. The van der Waals surface area contributed by atoms with Gasteiger partial charge in [0.05, 0.1) is 11.5 Å². The Kier molecular flexibility index (Phi) is 3.48. The zero-order valence-electron chi connectivity index (χ0n) is 9.68. The van der Waals surface area contributed by atoms with E-state index < -0.39 is 10.0 Å². The summed E-state index contributed by atoms with van der Waals surface area (Å²) in [6.07, 6.45) is 0. The summed E-state index contributed by atoms with van der Waals surface area (Å²) in [7, 11) is -2.01. The van der Waals surface area contributed by atoms with Gasteiger partial charge in [0.25, 0.3) is 0 Å². The van der Waals surface area contributed by atoms with Crippen LogP contribution in [0, 0.1) is 0 Å². The summed E-state index contributed by atoms with van der Waals surface area (Å²) in [6, 6.07) is 5.17. The summed E-state index contributed by atoms with van der Waals surface area (Å²) in [5.74, 6) is 0. The van der Waals surface area contributed by atoms with E-state index >= 15 is 0 Å². The number of hydrogen-bond donors (Lipinski definition) is 2. The quantitative estimate of drug-likeness (QED) is 0.789. The van der Waals surface area contributed by atoms with E-state index in [4.69, 9.17) is 5.11 Å². The number of nitrogens with one attached hydrogen (secondary N) is 1. The highest BCUT2D eigenvalue weighted by atomic mass is 32.2. The second kappa shape index (κ2) is 4.73. The van der Waals surface area contributed by atoms with Gasteiger partial charge >= 0.3 is 0 Å². The molecule has 0 radical (unpaired) electrons. The van der Waals surface area contributed by atoms with Crippen LogP contribution in [0.5, 0.6) is 0 Å². The molecule has 0 amide bonds. The van der Waals surface area contributed by atoms with Crippen molar-refractivity contribution < 1.29 is 13.5 Å². The maximum absolute atomic E-state index is 12.1. The number of fused-ring (bicyclic) bond motifs is 1. The number of rotatable bonds is 4. The third-order valence-electron chi connectivity index (χ3n) is 2.93. The molecule has 1 heterocycles. The molecule has 0 aliphatic carbocycles. The minimum absolute atomic E-state index is 0.109. The van der Waals surface area contributed by atoms with Crippen molar-refractivity contribution in [2.45, 2.75) is 18.0 Å². The summed E-state index contributed by atoms with van der Waals surface area (Å²) in [4.78, 5) is 0.288. The molecular formula is C11H16N2O3S. The molecule has 5 nitrogen and oxygen atoms in total. The van der Waals surface area contributed by atoms with Gasteiger partial charge in [-0.05, 0) is 23.3 Å². The Morgan fingerprint density at radius 1 is 1.35 bits per heavy atom. The van der Waals surface area contributed by atoms with Crippen molar-refractivity contribution >= 4 is 10.0 Å². The van der Waals surface area contributed by atoms with Crippen molar-refractivity contribution in [2.24, 2.45) is 0 Å². The van der Waals surface area contributed by atoms with Gasteiger partial charge in [-0.3, -0.25) is 0 Å². The van der Waals surface area contributed by atoms with E-state index in [0.29, 0.717) is 6.54 Å². The lowest BCUT2D eigenvalue weighted by Gasteiger charge is -2.16. The highest BCUT2D eigenvalue weighted by molar-refractivity contribution is 7.89. The van der Waals surface area contributed by atoms with Crippen LogP contribution in [-0.2, 0) is 23.1 Å². The molecule has 0 spiro atoms. The molecule has 6 heteroatoms. The Labute approximate surface area is 101 Å². The van der Waals surface area contributed by atoms with Crippen LogP contribution in [-0.4, -0.2) is 38.0 Å². The van der Waals surface area contributed by atoms with Crippen molar-refractivity contribution in [3.05, 3.63) is 29.3 Å². The molecule has 1 aromatic rings. The van der Waals surface area contributed by atoms with Crippen molar-refractivity contribution in [3.63, 3.8) is 0 Å². The highest BCUT2D eigenvalue weighted by Crippen LogP contribution is 2.21. The molecule has 94 valence electrons. The van der Waals surface area contributed by atoms with Crippen LogP contribution in [0.4, 0.5) is 0 Å². The number of likely N-dealkylation sites (N-methyl/N-ethyl adjacent to an activating group) is 1. The van der Waals surface area contributed by atoms with Crippen molar-refractivity contribution in [1.29, 1.82) is 0 Å². The number of hydrogen-bond acceptors (Lipinski definition) is 4. The van der Waals surface area contributed by atoms with Gasteiger partial charge in [0.2, 0.25) is 10.0 Å². The van der Waals surface area contributed by atoms with Crippen molar-refractivity contribution in [2.75, 3.05) is 20.2 Å². The largest absolute Gasteiger partial charge is 0.395 e. The molecule has 2 rings (SSSR count). The molecule has 0 saturated heterocycles. The normalized spacial score (nSPS) is 15.2. The van der Waals surface area contributed by atoms with Crippen LogP contribution < -0.4 is 5.32 Å². The fourth-order valence-corrected chi connectivity index (χ4v) is 3.09. The zero-order chi connectivity index (χ0) is 12.5. The summed E-state index contributed by atoms with van der Waals surface area (Å²) < 4.78 is 25.4. The lowest BCUT2D eigenvalue weighted by atomic mass is 10.1. The minimum Gasteiger partial charge on any atom is -0.395 e. The monoisotopic (exact) mass is 256 g/mol. The average Bonchev–Trinajstić information content (AvgIpc) is 2.76. The number of benzene rings is 1. The van der Waals surface area contributed by atoms with Gasteiger partial charge in [0.15, 0.2) is 0 Å². The fourth-order valence-electron chi connectivity index (χ4n) is 1.87. The lowest BCUT2D eigenvalue weighted by molar-refractivity contribution is 0.266. The summed E-state index contributed by atoms with van der Waals surface area (Å²) in [5, 5.41) is 12.0. The SMILES string of the molecule is CN(CCO)S(=O)(=O)c1ccc2c(c1)CNC2. The number of aliphatic hydroxyl groups excluding tert-OH is 1. The molecule has 17 heavy (non-hydrogen) atoms. The molecule has 0 aromatic heterocycles. The Hall–Kier alpha value is -0.950. The van der Waals surface area contributed by atoms with Gasteiger partial charge in [0, 0.05) is 26.7 Å². The van der Waals surface area contributed by atoms with E-state index in [9.17, 15) is 8.42 Å². The van der Waals surface area contributed by atoms with Gasteiger partial charge in [-0.2, -0.15) is 4.31 Å². The van der Waals surface area contributed by atoms with Crippen molar-refractivity contribution in [1.82, 2.24) is 9.62 Å². The maximum Gasteiger partial charge on any atom is 0.242 e. The molecule has 1 aromatic carbocycles. The first-order chi connectivity index (χ1) is 8.05. The van der Waals surface area contributed by atoms with Crippen molar-refractivity contribution in [3.8, 4) is 0 Å². The van der Waals surface area contributed by atoms with E-state index in [-0.39, 0.29) is 18.0 Å². The summed E-state index contributed by atoms with van der Waals surface area (Å²) >= 11 is 0. The Morgan fingerprint density at radius 3 is 2.76 bits per heavy atom. The molecule has 0 atom stereocenters. The highest BCUT2D eigenvalue weighted by Gasteiger charge is 2.22. The van der Waals surface area contributed by atoms with Crippen LogP contribution in [0.2, 0.25) is 0 Å². The molecule has 0 fully saturated rings. The predicted molar refractivity (Wildman–Crippen MR) is 63.9 cm³/mol. The molecule has 0 saturated carbocycles. The lowest BCUT2D eigenvalue weighted by Crippen LogP contribution is -2.29. The van der Waals surface area contributed by atoms with Crippen LogP contribution >= 0.6 is 0 Å². The first-order valence-electron chi connectivity index (χ1n) is 5.45. The minimum atomic E-state index is -3.48. The second-order valence-corrected chi connectivity index (χ2v) is 6.13. The van der Waals surface area contributed by atoms with Gasteiger partial charge in [-0.1, -0.05) is 6.07 Å². The second-order valence-electron chi connectivity index (χ2n) is 4.08. The molecular weight excluding hydrogens is 240 g/mol. The van der Waals surface area contributed by atoms with Crippen LogP contribution in [0.25, 0.3) is 0 Å². The maximum atomic E-state index is 12.1. The van der Waals surface area contributed by atoms with E-state index in [2.05, 4.69) is 5.32 Å². The number of sulfonamides is 1. The third kappa shape index (κ3) is 2.35. The molecule has 1 aliphatic rings. The first kappa shape index (κ1) is 12.5. The fraction of sp³-hybridized carbons (Fsp3) is 0.455. The summed E-state index contributed by atoms with van der Waals surface area (Å²) in [5.41, 5.74) is 2.18. The third-order valence-corrected chi connectivity index (χ3v) is 4.78. The van der Waals surface area contributed by atoms with E-state index in [1.165, 1.54) is 7.05 Å².